The predicted octanol–water partition coefficient (Wildman–Crippen LogP) is 3.14. The second-order valence-corrected chi connectivity index (χ2v) is 3.60. The Morgan fingerprint density at radius 1 is 1.75 bits per heavy atom. The molecular formula is C9H14ClNS. The Morgan fingerprint density at radius 3 is 2.83 bits per heavy atom. The third-order valence-corrected chi connectivity index (χ3v) is 2.24. The molecule has 1 atom stereocenters. The molecule has 0 unspecified atom stereocenters. The van der Waals surface area contributed by atoms with Crippen LogP contribution < -0.4 is 5.73 Å². The van der Waals surface area contributed by atoms with Gasteiger partial charge < -0.3 is 5.73 Å². The molecule has 1 aromatic rings. The first kappa shape index (κ1) is 11.7. The normalized spacial score (nSPS) is 11.8. The first-order valence-corrected chi connectivity index (χ1v) is 4.56. The third kappa shape index (κ3) is 3.39. The summed E-state index contributed by atoms with van der Waals surface area (Å²) in [5.74, 6) is 0. The molecule has 0 saturated heterocycles. The number of hydrogen-bond donors (Lipinski definition) is 1. The van der Waals surface area contributed by atoms with E-state index in [9.17, 15) is 0 Å². The highest BCUT2D eigenvalue weighted by molar-refractivity contribution is 7.07. The van der Waals surface area contributed by atoms with Gasteiger partial charge in [0.1, 0.15) is 0 Å². The summed E-state index contributed by atoms with van der Waals surface area (Å²) in [7, 11) is 0. The summed E-state index contributed by atoms with van der Waals surface area (Å²) in [5, 5.41) is 4.14. The van der Waals surface area contributed by atoms with E-state index >= 15 is 0 Å². The van der Waals surface area contributed by atoms with Gasteiger partial charge in [-0.05, 0) is 35.7 Å². The van der Waals surface area contributed by atoms with Crippen LogP contribution in [-0.2, 0) is 0 Å². The Hall–Kier alpha value is -0.310. The van der Waals surface area contributed by atoms with Crippen LogP contribution in [0.2, 0.25) is 0 Å². The van der Waals surface area contributed by atoms with Gasteiger partial charge in [0.05, 0.1) is 0 Å². The molecule has 0 aliphatic rings. The van der Waals surface area contributed by atoms with E-state index in [1.807, 2.05) is 12.3 Å². The van der Waals surface area contributed by atoms with Crippen molar-refractivity contribution in [2.75, 3.05) is 0 Å². The van der Waals surface area contributed by atoms with Crippen molar-refractivity contribution < 1.29 is 0 Å². The van der Waals surface area contributed by atoms with Crippen LogP contribution >= 0.6 is 23.7 Å². The summed E-state index contributed by atoms with van der Waals surface area (Å²) in [5.41, 5.74) is 8.25. The Kier molecular flexibility index (Phi) is 5.22. The maximum Gasteiger partial charge on any atom is 0.0340 e. The lowest BCUT2D eigenvalue weighted by atomic mass is 10.0. The largest absolute Gasteiger partial charge is 0.324 e. The summed E-state index contributed by atoms with van der Waals surface area (Å²) < 4.78 is 0. The van der Waals surface area contributed by atoms with Crippen LogP contribution in [0.1, 0.15) is 24.9 Å². The molecule has 0 spiro atoms. The van der Waals surface area contributed by atoms with E-state index < -0.39 is 0 Å². The molecule has 0 radical (unpaired) electrons. The van der Waals surface area contributed by atoms with E-state index in [1.54, 1.807) is 11.3 Å². The van der Waals surface area contributed by atoms with E-state index in [1.165, 1.54) is 5.56 Å². The number of thiophene rings is 1. The summed E-state index contributed by atoms with van der Waals surface area (Å²) in [6.07, 6.45) is 0.886. The van der Waals surface area contributed by atoms with Crippen molar-refractivity contribution in [1.29, 1.82) is 0 Å². The van der Waals surface area contributed by atoms with E-state index in [0.717, 1.165) is 12.0 Å². The number of nitrogens with two attached hydrogens (primary N) is 1. The van der Waals surface area contributed by atoms with Crippen LogP contribution in [0.25, 0.3) is 0 Å². The molecule has 2 N–H and O–H groups in total. The Labute approximate surface area is 83.7 Å². The van der Waals surface area contributed by atoms with Gasteiger partial charge in [0.2, 0.25) is 0 Å². The second kappa shape index (κ2) is 5.36. The topological polar surface area (TPSA) is 26.0 Å². The summed E-state index contributed by atoms with van der Waals surface area (Å²) in [6.45, 7) is 5.83. The van der Waals surface area contributed by atoms with E-state index in [4.69, 9.17) is 5.73 Å². The van der Waals surface area contributed by atoms with Gasteiger partial charge in [0.25, 0.3) is 0 Å². The molecule has 0 aliphatic carbocycles. The standard InChI is InChI=1S/C9H13NS.ClH/c1-7(2)5-9(10)8-3-4-11-6-8;/h3-4,6,9H,1,5,10H2,2H3;1H/t9-;/m0./s1. The van der Waals surface area contributed by atoms with Gasteiger partial charge in [0.15, 0.2) is 0 Å². The van der Waals surface area contributed by atoms with E-state index in [0.29, 0.717) is 0 Å². The van der Waals surface area contributed by atoms with Crippen molar-refractivity contribution in [3.05, 3.63) is 34.5 Å². The molecule has 0 saturated carbocycles. The molecule has 68 valence electrons. The Bertz CT molecular complexity index is 231. The Balaban J connectivity index is 0.00000121. The maximum absolute atomic E-state index is 5.89. The lowest BCUT2D eigenvalue weighted by molar-refractivity contribution is 0.720. The van der Waals surface area contributed by atoms with Crippen LogP contribution in [0, 0.1) is 0 Å². The average Bonchev–Trinajstić information content (AvgIpc) is 2.35. The molecule has 1 aromatic heterocycles. The first-order valence-electron chi connectivity index (χ1n) is 3.62. The molecule has 0 aliphatic heterocycles. The van der Waals surface area contributed by atoms with Gasteiger partial charge in [-0.3, -0.25) is 0 Å². The lowest BCUT2D eigenvalue weighted by Gasteiger charge is -2.08. The van der Waals surface area contributed by atoms with Crippen molar-refractivity contribution in [3.8, 4) is 0 Å². The first-order chi connectivity index (χ1) is 5.20. The molecule has 0 amide bonds. The summed E-state index contributed by atoms with van der Waals surface area (Å²) in [4.78, 5) is 0. The van der Waals surface area contributed by atoms with Crippen LogP contribution in [0.3, 0.4) is 0 Å². The third-order valence-electron chi connectivity index (χ3n) is 1.54. The Morgan fingerprint density at radius 2 is 2.42 bits per heavy atom. The van der Waals surface area contributed by atoms with Gasteiger partial charge >= 0.3 is 0 Å². The second-order valence-electron chi connectivity index (χ2n) is 2.82. The number of hydrogen-bond acceptors (Lipinski definition) is 2. The summed E-state index contributed by atoms with van der Waals surface area (Å²) in [6, 6.07) is 2.21. The van der Waals surface area contributed by atoms with Crippen molar-refractivity contribution in [2.45, 2.75) is 19.4 Å². The highest BCUT2D eigenvalue weighted by atomic mass is 35.5. The minimum atomic E-state index is 0. The molecule has 12 heavy (non-hydrogen) atoms. The van der Waals surface area contributed by atoms with Crippen molar-refractivity contribution in [3.63, 3.8) is 0 Å². The minimum absolute atomic E-state index is 0. The van der Waals surface area contributed by atoms with E-state index in [-0.39, 0.29) is 18.4 Å². The fourth-order valence-corrected chi connectivity index (χ4v) is 1.70. The van der Waals surface area contributed by atoms with Crippen molar-refractivity contribution in [2.24, 2.45) is 5.73 Å². The molecule has 1 heterocycles. The predicted molar refractivity (Wildman–Crippen MR) is 57.9 cm³/mol. The van der Waals surface area contributed by atoms with Gasteiger partial charge in [-0.2, -0.15) is 11.3 Å². The molecule has 0 bridgehead atoms. The smallest absolute Gasteiger partial charge is 0.0340 e. The lowest BCUT2D eigenvalue weighted by Crippen LogP contribution is -2.08. The highest BCUT2D eigenvalue weighted by Crippen LogP contribution is 2.19. The average molecular weight is 204 g/mol. The number of halogens is 1. The van der Waals surface area contributed by atoms with Gasteiger partial charge in [-0.15, -0.1) is 19.0 Å². The zero-order chi connectivity index (χ0) is 8.27. The number of rotatable bonds is 3. The van der Waals surface area contributed by atoms with Crippen LogP contribution in [-0.4, -0.2) is 0 Å². The van der Waals surface area contributed by atoms with Gasteiger partial charge in [-0.1, -0.05) is 5.57 Å². The zero-order valence-corrected chi connectivity index (χ0v) is 8.75. The fourth-order valence-electron chi connectivity index (χ4n) is 0.979. The molecular weight excluding hydrogens is 190 g/mol. The molecule has 1 rings (SSSR count). The summed E-state index contributed by atoms with van der Waals surface area (Å²) >= 11 is 1.69. The van der Waals surface area contributed by atoms with Gasteiger partial charge in [-0.25, -0.2) is 0 Å². The zero-order valence-electron chi connectivity index (χ0n) is 7.12. The molecule has 0 aromatic carbocycles. The quantitative estimate of drug-likeness (QED) is 0.751. The SMILES string of the molecule is C=C(C)C[C@H](N)c1ccsc1.Cl. The van der Waals surface area contributed by atoms with Crippen molar-refractivity contribution in [1.82, 2.24) is 0 Å². The fraction of sp³-hybridized carbons (Fsp3) is 0.333. The van der Waals surface area contributed by atoms with Gasteiger partial charge in [0, 0.05) is 6.04 Å². The molecule has 1 nitrogen and oxygen atoms in total. The maximum atomic E-state index is 5.89. The molecule has 0 fully saturated rings. The molecule has 3 heteroatoms. The van der Waals surface area contributed by atoms with Crippen molar-refractivity contribution >= 4 is 23.7 Å². The minimum Gasteiger partial charge on any atom is -0.324 e. The highest BCUT2D eigenvalue weighted by Gasteiger charge is 2.04. The monoisotopic (exact) mass is 203 g/mol. The van der Waals surface area contributed by atoms with Crippen LogP contribution in [0.15, 0.2) is 29.0 Å². The van der Waals surface area contributed by atoms with E-state index in [2.05, 4.69) is 18.0 Å². The van der Waals surface area contributed by atoms with Crippen LogP contribution in [0.5, 0.6) is 0 Å². The van der Waals surface area contributed by atoms with Crippen LogP contribution in [0.4, 0.5) is 0 Å².